The highest BCUT2D eigenvalue weighted by Gasteiger charge is 2.35. The number of amides is 3. The summed E-state index contributed by atoms with van der Waals surface area (Å²) >= 11 is 0. The number of carboxylic acids is 1. The number of rotatable bonds is 5. The van der Waals surface area contributed by atoms with Gasteiger partial charge < -0.3 is 15.7 Å². The molecule has 20 heavy (non-hydrogen) atoms. The monoisotopic (exact) mass is 308 g/mol. The van der Waals surface area contributed by atoms with Crippen molar-refractivity contribution in [3.63, 3.8) is 0 Å². The summed E-state index contributed by atoms with van der Waals surface area (Å²) in [5.41, 5.74) is 0. The third-order valence-electron chi connectivity index (χ3n) is 2.69. The van der Waals surface area contributed by atoms with Crippen LogP contribution in [0.1, 0.15) is 0 Å². The summed E-state index contributed by atoms with van der Waals surface area (Å²) in [7, 11) is -2.22. The van der Waals surface area contributed by atoms with Crippen molar-refractivity contribution in [3.05, 3.63) is 0 Å². The van der Waals surface area contributed by atoms with Crippen molar-refractivity contribution in [2.75, 3.05) is 32.4 Å². The van der Waals surface area contributed by atoms with Gasteiger partial charge in [0.2, 0.25) is 15.9 Å². The number of carbonyl (C=O) groups is 3. The van der Waals surface area contributed by atoms with E-state index >= 15 is 0 Å². The molecule has 11 heteroatoms. The third-order valence-corrected chi connectivity index (χ3v) is 4.05. The number of hydrogen-bond donors (Lipinski definition) is 4. The molecule has 1 aliphatic rings. The van der Waals surface area contributed by atoms with Crippen LogP contribution in [0.2, 0.25) is 0 Å². The minimum atomic E-state index is -3.47. The Morgan fingerprint density at radius 3 is 2.70 bits per heavy atom. The number of urea groups is 1. The Hall–Kier alpha value is -1.88. The number of hydrogen-bond acceptors (Lipinski definition) is 5. The number of piperazine rings is 1. The maximum atomic E-state index is 11.8. The van der Waals surface area contributed by atoms with E-state index in [0.29, 0.717) is 0 Å². The molecule has 1 saturated heterocycles. The summed E-state index contributed by atoms with van der Waals surface area (Å²) in [6, 6.07) is -1.97. The molecular weight excluding hydrogens is 292 g/mol. The van der Waals surface area contributed by atoms with Crippen molar-refractivity contribution in [3.8, 4) is 0 Å². The minimum absolute atomic E-state index is 0.184. The zero-order valence-corrected chi connectivity index (χ0v) is 11.6. The van der Waals surface area contributed by atoms with Crippen LogP contribution in [-0.4, -0.2) is 74.8 Å². The molecule has 1 heterocycles. The molecule has 1 atom stereocenters. The van der Waals surface area contributed by atoms with Crippen LogP contribution in [0.3, 0.4) is 0 Å². The average molecular weight is 308 g/mol. The van der Waals surface area contributed by atoms with Gasteiger partial charge in [-0.15, -0.1) is 0 Å². The Bertz CT molecular complexity index is 505. The quantitative estimate of drug-likeness (QED) is 0.429. The molecule has 1 unspecified atom stereocenters. The topological polar surface area (TPSA) is 145 Å². The van der Waals surface area contributed by atoms with E-state index in [0.717, 1.165) is 4.90 Å². The van der Waals surface area contributed by atoms with Gasteiger partial charge in [0.25, 0.3) is 0 Å². The van der Waals surface area contributed by atoms with E-state index in [4.69, 9.17) is 5.11 Å². The molecule has 0 aromatic heterocycles. The van der Waals surface area contributed by atoms with Gasteiger partial charge in [0.15, 0.2) is 0 Å². The molecule has 114 valence electrons. The smallest absolute Gasteiger partial charge is 0.328 e. The van der Waals surface area contributed by atoms with E-state index in [9.17, 15) is 22.8 Å². The summed E-state index contributed by atoms with van der Waals surface area (Å²) in [4.78, 5) is 34.8. The predicted molar refractivity (Wildman–Crippen MR) is 67.4 cm³/mol. The highest BCUT2D eigenvalue weighted by molar-refractivity contribution is 7.89. The Morgan fingerprint density at radius 2 is 2.15 bits per heavy atom. The van der Waals surface area contributed by atoms with Gasteiger partial charge in [0.05, 0.1) is 5.75 Å². The number of nitrogens with one attached hydrogen (secondary N) is 3. The summed E-state index contributed by atoms with van der Waals surface area (Å²) in [6.45, 7) is -0.759. The lowest BCUT2D eigenvalue weighted by Crippen LogP contribution is -2.61. The van der Waals surface area contributed by atoms with Gasteiger partial charge in [-0.05, 0) is 7.05 Å². The molecule has 1 fully saturated rings. The molecule has 1 aliphatic heterocycles. The van der Waals surface area contributed by atoms with Crippen molar-refractivity contribution in [1.29, 1.82) is 0 Å². The molecule has 0 spiro atoms. The second-order valence-corrected chi connectivity index (χ2v) is 6.09. The van der Waals surface area contributed by atoms with Crippen LogP contribution >= 0.6 is 0 Å². The van der Waals surface area contributed by atoms with E-state index in [1.54, 1.807) is 0 Å². The summed E-state index contributed by atoms with van der Waals surface area (Å²) in [6.07, 6.45) is 0. The van der Waals surface area contributed by atoms with Crippen LogP contribution < -0.4 is 15.4 Å². The van der Waals surface area contributed by atoms with E-state index < -0.39 is 34.0 Å². The molecule has 0 aromatic rings. The SMILES string of the molecule is CNS(=O)(=O)CCNC(=O)N1CC(=O)NCC1C(=O)O. The first kappa shape index (κ1) is 16.2. The van der Waals surface area contributed by atoms with Crippen molar-refractivity contribution in [2.24, 2.45) is 0 Å². The van der Waals surface area contributed by atoms with Gasteiger partial charge in [0, 0.05) is 13.1 Å². The fourth-order valence-electron chi connectivity index (χ4n) is 1.57. The third kappa shape index (κ3) is 4.35. The van der Waals surface area contributed by atoms with Gasteiger partial charge in [0.1, 0.15) is 12.6 Å². The zero-order chi connectivity index (χ0) is 15.3. The largest absolute Gasteiger partial charge is 0.480 e. The highest BCUT2D eigenvalue weighted by atomic mass is 32.2. The fourth-order valence-corrected chi connectivity index (χ4v) is 2.15. The number of carbonyl (C=O) groups excluding carboxylic acids is 2. The molecule has 0 radical (unpaired) electrons. The van der Waals surface area contributed by atoms with E-state index in [1.807, 2.05) is 0 Å². The van der Waals surface area contributed by atoms with E-state index in [1.165, 1.54) is 7.05 Å². The van der Waals surface area contributed by atoms with Crippen molar-refractivity contribution in [1.82, 2.24) is 20.3 Å². The summed E-state index contributed by atoms with van der Waals surface area (Å²) in [5.74, 6) is -2.06. The number of sulfonamides is 1. The maximum absolute atomic E-state index is 11.8. The van der Waals surface area contributed by atoms with Crippen LogP contribution in [0, 0.1) is 0 Å². The van der Waals surface area contributed by atoms with Crippen LogP contribution in [0.15, 0.2) is 0 Å². The standard InChI is InChI=1S/C9H16N4O6S/c1-10-20(18,19)3-2-11-9(17)13-5-7(14)12-4-6(13)8(15)16/h6,10H,2-5H2,1H3,(H,11,17)(H,12,14)(H,15,16). The summed E-state index contributed by atoms with van der Waals surface area (Å²) in [5, 5.41) is 13.6. The molecule has 0 aromatic carbocycles. The normalized spacial score (nSPS) is 19.4. The van der Waals surface area contributed by atoms with E-state index in [2.05, 4.69) is 15.4 Å². The Kier molecular flexibility index (Phi) is 5.27. The molecule has 3 amide bonds. The Balaban J connectivity index is 2.59. The Labute approximate surface area is 115 Å². The highest BCUT2D eigenvalue weighted by Crippen LogP contribution is 2.04. The maximum Gasteiger partial charge on any atom is 0.328 e. The molecule has 1 rings (SSSR count). The first-order valence-electron chi connectivity index (χ1n) is 5.72. The van der Waals surface area contributed by atoms with Crippen LogP contribution in [-0.2, 0) is 19.6 Å². The molecule has 4 N–H and O–H groups in total. The molecule has 0 saturated carbocycles. The van der Waals surface area contributed by atoms with Gasteiger partial charge in [-0.25, -0.2) is 22.7 Å². The van der Waals surface area contributed by atoms with Crippen LogP contribution in [0.25, 0.3) is 0 Å². The van der Waals surface area contributed by atoms with Crippen molar-refractivity contribution in [2.45, 2.75) is 6.04 Å². The molecule has 0 bridgehead atoms. The van der Waals surface area contributed by atoms with Crippen LogP contribution in [0.5, 0.6) is 0 Å². The van der Waals surface area contributed by atoms with Crippen molar-refractivity contribution < 1.29 is 27.9 Å². The average Bonchev–Trinajstić information content (AvgIpc) is 2.37. The van der Waals surface area contributed by atoms with Gasteiger partial charge in [-0.3, -0.25) is 9.69 Å². The lowest BCUT2D eigenvalue weighted by Gasteiger charge is -2.32. The first-order valence-corrected chi connectivity index (χ1v) is 7.37. The number of aliphatic carboxylic acids is 1. The second-order valence-electron chi connectivity index (χ2n) is 4.04. The predicted octanol–water partition coefficient (Wildman–Crippen LogP) is -2.87. The lowest BCUT2D eigenvalue weighted by molar-refractivity contribution is -0.144. The number of nitrogens with zero attached hydrogens (tertiary/aromatic N) is 1. The molecular formula is C9H16N4O6S. The molecule has 0 aliphatic carbocycles. The zero-order valence-electron chi connectivity index (χ0n) is 10.7. The number of carboxylic acid groups (broad SMARTS) is 1. The molecule has 10 nitrogen and oxygen atoms in total. The van der Waals surface area contributed by atoms with Gasteiger partial charge >= 0.3 is 12.0 Å². The lowest BCUT2D eigenvalue weighted by atomic mass is 10.2. The minimum Gasteiger partial charge on any atom is -0.480 e. The second kappa shape index (κ2) is 6.52. The summed E-state index contributed by atoms with van der Waals surface area (Å²) < 4.78 is 24.4. The van der Waals surface area contributed by atoms with Crippen LogP contribution in [0.4, 0.5) is 4.79 Å². The van der Waals surface area contributed by atoms with E-state index in [-0.39, 0.29) is 25.4 Å². The van der Waals surface area contributed by atoms with Crippen molar-refractivity contribution >= 4 is 27.9 Å². The first-order chi connectivity index (χ1) is 9.26. The Morgan fingerprint density at radius 1 is 1.50 bits per heavy atom. The van der Waals surface area contributed by atoms with Gasteiger partial charge in [-0.1, -0.05) is 0 Å². The van der Waals surface area contributed by atoms with Gasteiger partial charge in [-0.2, -0.15) is 0 Å². The fraction of sp³-hybridized carbons (Fsp3) is 0.667.